The first-order valence-electron chi connectivity index (χ1n) is 14.1. The molecular formula is C29H35F3N6OS. The van der Waals surface area contributed by atoms with Crippen molar-refractivity contribution < 1.29 is 18.0 Å². The number of aromatic nitrogens is 2. The van der Waals surface area contributed by atoms with Crippen LogP contribution >= 0.6 is 11.3 Å². The number of halogens is 3. The van der Waals surface area contributed by atoms with Gasteiger partial charge in [-0.05, 0) is 93.8 Å². The maximum atomic E-state index is 12.9. The summed E-state index contributed by atoms with van der Waals surface area (Å²) in [5.41, 5.74) is 1.86. The lowest BCUT2D eigenvalue weighted by Crippen LogP contribution is -2.46. The van der Waals surface area contributed by atoms with E-state index in [2.05, 4.69) is 37.7 Å². The summed E-state index contributed by atoms with van der Waals surface area (Å²) in [6, 6.07) is 9.83. The highest BCUT2D eigenvalue weighted by molar-refractivity contribution is 7.18. The van der Waals surface area contributed by atoms with Gasteiger partial charge in [-0.15, -0.1) is 11.3 Å². The topological polar surface area (TPSA) is 82.2 Å². The lowest BCUT2D eigenvalue weighted by molar-refractivity contribution is -0.126. The van der Waals surface area contributed by atoms with E-state index in [-0.39, 0.29) is 22.2 Å². The number of anilines is 2. The van der Waals surface area contributed by atoms with Gasteiger partial charge in [0.1, 0.15) is 17.0 Å². The van der Waals surface area contributed by atoms with Gasteiger partial charge in [0.2, 0.25) is 0 Å². The minimum atomic E-state index is -4.24. The zero-order valence-electron chi connectivity index (χ0n) is 22.6. The molecule has 1 aromatic carbocycles. The van der Waals surface area contributed by atoms with Crippen molar-refractivity contribution in [1.29, 1.82) is 0 Å². The molecular weight excluding hydrogens is 537 g/mol. The Morgan fingerprint density at radius 1 is 1.20 bits per heavy atom. The third-order valence-corrected chi connectivity index (χ3v) is 9.84. The van der Waals surface area contributed by atoms with Crippen LogP contribution in [0.4, 0.5) is 24.7 Å². The molecule has 4 heterocycles. The third-order valence-electron chi connectivity index (χ3n) is 8.80. The minimum absolute atomic E-state index is 0.0267. The number of nitrogens with zero attached hydrogens (tertiary/aromatic N) is 3. The quantitative estimate of drug-likeness (QED) is 0.353. The first-order valence-corrected chi connectivity index (χ1v) is 14.9. The van der Waals surface area contributed by atoms with Crippen LogP contribution in [0.25, 0.3) is 10.2 Å². The number of nitrogens with one attached hydrogen (secondary N) is 3. The number of carbonyl (C=O) groups is 1. The molecule has 11 heteroatoms. The fourth-order valence-corrected chi connectivity index (χ4v) is 7.69. The van der Waals surface area contributed by atoms with E-state index in [4.69, 9.17) is 0 Å². The largest absolute Gasteiger partial charge is 0.393 e. The van der Waals surface area contributed by atoms with E-state index in [1.54, 1.807) is 6.07 Å². The van der Waals surface area contributed by atoms with E-state index >= 15 is 0 Å². The first-order chi connectivity index (χ1) is 19.2. The Hall–Kier alpha value is -2.92. The van der Waals surface area contributed by atoms with Gasteiger partial charge in [-0.2, -0.15) is 13.2 Å². The molecule has 1 amide bonds. The number of fused-ring (bicyclic) bond motifs is 1. The van der Waals surface area contributed by atoms with Crippen LogP contribution in [0.2, 0.25) is 0 Å². The molecule has 7 nitrogen and oxygen atoms in total. The van der Waals surface area contributed by atoms with E-state index in [1.165, 1.54) is 6.33 Å². The number of alkyl halides is 3. The normalized spacial score (nSPS) is 24.3. The molecule has 2 saturated heterocycles. The number of hydrogen-bond acceptors (Lipinski definition) is 7. The lowest BCUT2D eigenvalue weighted by Gasteiger charge is -2.46. The van der Waals surface area contributed by atoms with E-state index in [1.807, 2.05) is 24.3 Å². The van der Waals surface area contributed by atoms with Crippen LogP contribution in [0.15, 0.2) is 36.7 Å². The molecule has 2 aliphatic heterocycles. The van der Waals surface area contributed by atoms with Crippen LogP contribution in [0.3, 0.4) is 0 Å². The highest BCUT2D eigenvalue weighted by atomic mass is 32.1. The molecule has 0 radical (unpaired) electrons. The summed E-state index contributed by atoms with van der Waals surface area (Å²) >= 11 is 1.10. The molecule has 1 spiro atoms. The van der Waals surface area contributed by atoms with Gasteiger partial charge in [-0.25, -0.2) is 9.97 Å². The molecule has 40 heavy (non-hydrogen) atoms. The minimum Gasteiger partial charge on any atom is -0.382 e. The molecule has 0 bridgehead atoms. The number of piperidine rings is 1. The van der Waals surface area contributed by atoms with Crippen molar-refractivity contribution in [3.8, 4) is 0 Å². The van der Waals surface area contributed by atoms with Gasteiger partial charge in [-0.1, -0.05) is 0 Å². The molecule has 6 rings (SSSR count). The predicted octanol–water partition coefficient (Wildman–Crippen LogP) is 5.39. The van der Waals surface area contributed by atoms with Gasteiger partial charge in [0, 0.05) is 41.3 Å². The SMILES string of the molecule is CC(NC(=O)c1ccc(NC2CC3(CCN(c4ncnc5sc(CC(F)(F)F)cc45)C3)C2)cc1)C1CCNCC1. The van der Waals surface area contributed by atoms with Crippen molar-refractivity contribution in [1.82, 2.24) is 20.6 Å². The van der Waals surface area contributed by atoms with Crippen molar-refractivity contribution >= 4 is 39.0 Å². The van der Waals surface area contributed by atoms with Gasteiger partial charge >= 0.3 is 6.18 Å². The number of rotatable bonds is 7. The Balaban J connectivity index is 1.02. The Morgan fingerprint density at radius 2 is 1.95 bits per heavy atom. The maximum Gasteiger partial charge on any atom is 0.393 e. The molecule has 214 valence electrons. The molecule has 1 saturated carbocycles. The van der Waals surface area contributed by atoms with E-state index in [0.717, 1.165) is 81.1 Å². The monoisotopic (exact) mass is 572 g/mol. The molecule has 1 atom stereocenters. The van der Waals surface area contributed by atoms with Gasteiger partial charge in [-0.3, -0.25) is 4.79 Å². The second kappa shape index (κ2) is 10.8. The standard InChI is InChI=1S/C29H35F3N6OS/c1-18(19-6-9-33-10-7-19)36-26(39)20-2-4-21(5-3-20)37-22-13-28(14-22)8-11-38(16-28)25-24-12-23(15-29(30,31)32)40-27(24)35-17-34-25/h2-5,12,17-19,22,33,37H,6-11,13-16H2,1H3,(H,36,39). The molecule has 3 N–H and O–H groups in total. The second-order valence-electron chi connectivity index (χ2n) is 11.8. The van der Waals surface area contributed by atoms with Gasteiger partial charge < -0.3 is 20.9 Å². The maximum absolute atomic E-state index is 12.9. The average molecular weight is 573 g/mol. The summed E-state index contributed by atoms with van der Waals surface area (Å²) < 4.78 is 38.8. The summed E-state index contributed by atoms with van der Waals surface area (Å²) in [5, 5.41) is 10.9. The summed E-state index contributed by atoms with van der Waals surface area (Å²) in [7, 11) is 0. The summed E-state index contributed by atoms with van der Waals surface area (Å²) in [6.45, 7) is 5.80. The van der Waals surface area contributed by atoms with Crippen LogP contribution in [-0.4, -0.2) is 60.3 Å². The average Bonchev–Trinajstić information content (AvgIpc) is 3.52. The molecule has 3 fully saturated rings. The number of carbonyl (C=O) groups excluding carboxylic acids is 1. The number of hydrogen-bond donors (Lipinski definition) is 3. The Bertz CT molecular complexity index is 1350. The smallest absolute Gasteiger partial charge is 0.382 e. The molecule has 1 aliphatic carbocycles. The Morgan fingerprint density at radius 3 is 2.67 bits per heavy atom. The van der Waals surface area contributed by atoms with Crippen LogP contribution in [0, 0.1) is 11.3 Å². The zero-order chi connectivity index (χ0) is 27.9. The van der Waals surface area contributed by atoms with Gasteiger partial charge in [0.15, 0.2) is 0 Å². The van der Waals surface area contributed by atoms with Crippen molar-refractivity contribution in [2.24, 2.45) is 11.3 Å². The van der Waals surface area contributed by atoms with Crippen LogP contribution < -0.4 is 20.9 Å². The molecule has 3 aliphatic rings. The number of benzene rings is 1. The summed E-state index contributed by atoms with van der Waals surface area (Å²) in [4.78, 5) is 24.5. The highest BCUT2D eigenvalue weighted by Crippen LogP contribution is 2.50. The van der Waals surface area contributed by atoms with Gasteiger partial charge in [0.25, 0.3) is 5.91 Å². The summed E-state index contributed by atoms with van der Waals surface area (Å²) in [6.07, 6.45) is 1.54. The van der Waals surface area contributed by atoms with Crippen LogP contribution in [0.5, 0.6) is 0 Å². The zero-order valence-corrected chi connectivity index (χ0v) is 23.4. The van der Waals surface area contributed by atoms with Crippen molar-refractivity contribution in [3.63, 3.8) is 0 Å². The fraction of sp³-hybridized carbons (Fsp3) is 0.552. The van der Waals surface area contributed by atoms with Crippen LogP contribution in [0.1, 0.15) is 54.3 Å². The van der Waals surface area contributed by atoms with E-state index in [0.29, 0.717) is 27.7 Å². The highest BCUT2D eigenvalue weighted by Gasteiger charge is 2.49. The lowest BCUT2D eigenvalue weighted by atomic mass is 9.65. The van der Waals surface area contributed by atoms with E-state index < -0.39 is 12.6 Å². The van der Waals surface area contributed by atoms with E-state index in [9.17, 15) is 18.0 Å². The number of amides is 1. The third kappa shape index (κ3) is 5.90. The van der Waals surface area contributed by atoms with Crippen molar-refractivity contribution in [2.75, 3.05) is 36.4 Å². The van der Waals surface area contributed by atoms with Crippen molar-refractivity contribution in [3.05, 3.63) is 47.1 Å². The fourth-order valence-electron chi connectivity index (χ4n) is 6.67. The molecule has 3 aromatic rings. The Kier molecular flexibility index (Phi) is 7.37. The van der Waals surface area contributed by atoms with Crippen molar-refractivity contribution in [2.45, 2.75) is 63.7 Å². The summed E-state index contributed by atoms with van der Waals surface area (Å²) in [5.74, 6) is 1.23. The second-order valence-corrected chi connectivity index (χ2v) is 12.9. The first kappa shape index (κ1) is 27.3. The predicted molar refractivity (Wildman–Crippen MR) is 152 cm³/mol. The molecule has 2 aromatic heterocycles. The van der Waals surface area contributed by atoms with Gasteiger partial charge in [0.05, 0.1) is 11.8 Å². The number of thiophene rings is 1. The molecule has 1 unspecified atom stereocenters. The Labute approximate surface area is 236 Å². The van der Waals surface area contributed by atoms with Crippen LogP contribution in [-0.2, 0) is 6.42 Å².